The van der Waals surface area contributed by atoms with Crippen molar-refractivity contribution in [3.8, 4) is 11.5 Å². The Morgan fingerprint density at radius 3 is 2.15 bits per heavy atom. The number of hydrogen-bond donors (Lipinski definition) is 0. The van der Waals surface area contributed by atoms with Crippen LogP contribution in [-0.4, -0.2) is 25.0 Å². The molecule has 0 aliphatic heterocycles. The lowest BCUT2D eigenvalue weighted by Gasteiger charge is -2.08. The van der Waals surface area contributed by atoms with Crippen molar-refractivity contribution >= 4 is 29.0 Å². The van der Waals surface area contributed by atoms with Crippen LogP contribution < -0.4 is 9.47 Å². The van der Waals surface area contributed by atoms with Crippen molar-refractivity contribution in [2.75, 3.05) is 14.2 Å². The molecule has 2 aromatic rings. The quantitative estimate of drug-likeness (QED) is 0.809. The number of ketones is 1. The largest absolute Gasteiger partial charge is 0.497 e. The van der Waals surface area contributed by atoms with E-state index >= 15 is 0 Å². The number of methoxy groups -OCH3 is 2. The second kappa shape index (κ2) is 6.11. The van der Waals surface area contributed by atoms with Gasteiger partial charge in [-0.2, -0.15) is 0 Å². The van der Waals surface area contributed by atoms with E-state index in [0.717, 1.165) is 0 Å². The van der Waals surface area contributed by atoms with Gasteiger partial charge in [-0.3, -0.25) is 4.79 Å². The van der Waals surface area contributed by atoms with Crippen molar-refractivity contribution in [2.24, 2.45) is 0 Å². The van der Waals surface area contributed by atoms with Crippen LogP contribution in [0.3, 0.4) is 0 Å². The summed E-state index contributed by atoms with van der Waals surface area (Å²) in [6.45, 7) is 0. The first kappa shape index (κ1) is 14.6. The monoisotopic (exact) mass is 311 g/mol. The van der Waals surface area contributed by atoms with Crippen LogP contribution >= 0.6 is 23.2 Å². The van der Waals surface area contributed by atoms with Crippen LogP contribution in [-0.2, 0) is 0 Å². The van der Waals surface area contributed by atoms with E-state index in [4.69, 9.17) is 32.7 Å². The number of pyridine rings is 1. The molecule has 0 aliphatic rings. The maximum absolute atomic E-state index is 12.4. The zero-order valence-corrected chi connectivity index (χ0v) is 12.3. The topological polar surface area (TPSA) is 48.4 Å². The van der Waals surface area contributed by atoms with Crippen molar-refractivity contribution in [1.82, 2.24) is 4.98 Å². The zero-order chi connectivity index (χ0) is 14.7. The van der Waals surface area contributed by atoms with Crippen LogP contribution in [0, 0.1) is 0 Å². The van der Waals surface area contributed by atoms with Gasteiger partial charge in [-0.05, 0) is 18.2 Å². The van der Waals surface area contributed by atoms with Crippen molar-refractivity contribution in [1.29, 1.82) is 0 Å². The van der Waals surface area contributed by atoms with Gasteiger partial charge in [-0.15, -0.1) is 0 Å². The Hall–Kier alpha value is -1.78. The van der Waals surface area contributed by atoms with E-state index < -0.39 is 0 Å². The van der Waals surface area contributed by atoms with Gasteiger partial charge in [0.05, 0.1) is 24.3 Å². The summed E-state index contributed by atoms with van der Waals surface area (Å²) >= 11 is 11.8. The van der Waals surface area contributed by atoms with E-state index in [1.807, 2.05) is 0 Å². The fourth-order valence-corrected chi connectivity index (χ4v) is 2.12. The van der Waals surface area contributed by atoms with Gasteiger partial charge in [0.2, 0.25) is 5.78 Å². The molecule has 0 atom stereocenters. The Bertz CT molecular complexity index is 637. The third kappa shape index (κ3) is 3.03. The van der Waals surface area contributed by atoms with Gasteiger partial charge in [0.25, 0.3) is 0 Å². The fourth-order valence-electron chi connectivity index (χ4n) is 1.66. The lowest BCUT2D eigenvalue weighted by molar-refractivity contribution is 0.103. The van der Waals surface area contributed by atoms with Gasteiger partial charge in [0.1, 0.15) is 17.2 Å². The summed E-state index contributed by atoms with van der Waals surface area (Å²) in [5.74, 6) is 0.694. The van der Waals surface area contributed by atoms with Gasteiger partial charge >= 0.3 is 0 Å². The van der Waals surface area contributed by atoms with Gasteiger partial charge < -0.3 is 9.47 Å². The average Bonchev–Trinajstić information content (AvgIpc) is 2.46. The normalized spacial score (nSPS) is 10.2. The molecule has 0 N–H and O–H groups in total. The van der Waals surface area contributed by atoms with E-state index in [9.17, 15) is 4.79 Å². The predicted molar refractivity (Wildman–Crippen MR) is 77.2 cm³/mol. The highest BCUT2D eigenvalue weighted by Crippen LogP contribution is 2.26. The highest BCUT2D eigenvalue weighted by molar-refractivity contribution is 6.37. The Labute approximate surface area is 126 Å². The number of benzene rings is 1. The molecule has 1 heterocycles. The number of rotatable bonds is 4. The number of carbonyl (C=O) groups excluding carboxylic acids is 1. The maximum atomic E-state index is 12.4. The van der Waals surface area contributed by atoms with Crippen LogP contribution in [0.2, 0.25) is 10.0 Å². The highest BCUT2D eigenvalue weighted by Gasteiger charge is 2.17. The summed E-state index contributed by atoms with van der Waals surface area (Å²) in [5.41, 5.74) is 0.504. The van der Waals surface area contributed by atoms with Crippen LogP contribution in [0.5, 0.6) is 11.5 Å². The molecule has 0 radical (unpaired) electrons. The fraction of sp³-hybridized carbons (Fsp3) is 0.143. The zero-order valence-electron chi connectivity index (χ0n) is 10.8. The number of carbonyl (C=O) groups is 1. The van der Waals surface area contributed by atoms with Crippen molar-refractivity contribution < 1.29 is 14.3 Å². The molecule has 0 aliphatic carbocycles. The lowest BCUT2D eigenvalue weighted by Crippen LogP contribution is -2.05. The van der Waals surface area contributed by atoms with E-state index in [0.29, 0.717) is 22.1 Å². The number of halogens is 2. The van der Waals surface area contributed by atoms with Crippen LogP contribution in [0.1, 0.15) is 16.1 Å². The number of ether oxygens (including phenoxy) is 2. The summed E-state index contributed by atoms with van der Waals surface area (Å²) in [5, 5.41) is 0.569. The van der Waals surface area contributed by atoms with Crippen LogP contribution in [0.4, 0.5) is 0 Å². The summed E-state index contributed by atoms with van der Waals surface area (Å²) in [6, 6.07) is 6.34. The molecule has 0 unspecified atom stereocenters. The first-order valence-electron chi connectivity index (χ1n) is 5.64. The SMILES string of the molecule is COc1cc(OC)cc(C(=O)c2ncc(Cl)cc2Cl)c1. The van der Waals surface area contributed by atoms with Crippen molar-refractivity contribution in [2.45, 2.75) is 0 Å². The van der Waals surface area contributed by atoms with E-state index in [1.54, 1.807) is 18.2 Å². The molecule has 1 aromatic carbocycles. The second-order valence-corrected chi connectivity index (χ2v) is 4.76. The molecule has 104 valence electrons. The Balaban J connectivity index is 2.47. The molecule has 0 bridgehead atoms. The average molecular weight is 312 g/mol. The predicted octanol–water partition coefficient (Wildman–Crippen LogP) is 3.64. The highest BCUT2D eigenvalue weighted by atomic mass is 35.5. The van der Waals surface area contributed by atoms with E-state index in [1.165, 1.54) is 26.5 Å². The van der Waals surface area contributed by atoms with Gasteiger partial charge in [0, 0.05) is 17.8 Å². The van der Waals surface area contributed by atoms with E-state index in [-0.39, 0.29) is 16.5 Å². The third-order valence-corrected chi connectivity index (χ3v) is 3.13. The molecule has 1 aromatic heterocycles. The van der Waals surface area contributed by atoms with Gasteiger partial charge in [0.15, 0.2) is 0 Å². The first-order chi connectivity index (χ1) is 9.55. The lowest BCUT2D eigenvalue weighted by atomic mass is 10.1. The molecule has 0 amide bonds. The standard InChI is InChI=1S/C14H11Cl2NO3/c1-19-10-3-8(4-11(6-10)20-2)14(18)13-12(16)5-9(15)7-17-13/h3-7H,1-2H3. The number of aromatic nitrogens is 1. The second-order valence-electron chi connectivity index (χ2n) is 3.91. The molecule has 6 heteroatoms. The number of hydrogen-bond acceptors (Lipinski definition) is 4. The molecule has 2 rings (SSSR count). The summed E-state index contributed by atoms with van der Waals surface area (Å²) in [7, 11) is 3.02. The Morgan fingerprint density at radius 2 is 1.65 bits per heavy atom. The summed E-state index contributed by atoms with van der Waals surface area (Å²) < 4.78 is 10.3. The molecule has 0 fully saturated rings. The molecule has 4 nitrogen and oxygen atoms in total. The van der Waals surface area contributed by atoms with Crippen LogP contribution in [0.15, 0.2) is 30.5 Å². The first-order valence-corrected chi connectivity index (χ1v) is 6.39. The summed E-state index contributed by atoms with van der Waals surface area (Å²) in [4.78, 5) is 16.4. The molecule has 20 heavy (non-hydrogen) atoms. The molecular weight excluding hydrogens is 301 g/mol. The Kier molecular flexibility index (Phi) is 4.47. The summed E-state index contributed by atoms with van der Waals surface area (Å²) in [6.07, 6.45) is 1.37. The van der Waals surface area contributed by atoms with Crippen LogP contribution in [0.25, 0.3) is 0 Å². The van der Waals surface area contributed by atoms with E-state index in [2.05, 4.69) is 4.98 Å². The van der Waals surface area contributed by atoms with Crippen molar-refractivity contribution in [3.63, 3.8) is 0 Å². The maximum Gasteiger partial charge on any atom is 0.213 e. The third-order valence-electron chi connectivity index (χ3n) is 2.64. The van der Waals surface area contributed by atoms with Gasteiger partial charge in [-0.1, -0.05) is 23.2 Å². The molecule has 0 saturated carbocycles. The molecule has 0 saturated heterocycles. The molecular formula is C14H11Cl2NO3. The minimum atomic E-state index is -0.330. The van der Waals surface area contributed by atoms with Crippen molar-refractivity contribution in [3.05, 3.63) is 51.8 Å². The minimum Gasteiger partial charge on any atom is -0.497 e. The minimum absolute atomic E-state index is 0.131. The molecule has 0 spiro atoms. The van der Waals surface area contributed by atoms with Gasteiger partial charge in [-0.25, -0.2) is 4.98 Å². The Morgan fingerprint density at radius 1 is 1.05 bits per heavy atom. The number of nitrogens with zero attached hydrogens (tertiary/aromatic N) is 1. The smallest absolute Gasteiger partial charge is 0.213 e.